The fraction of sp³-hybridized carbons (Fsp3) is 0.389. The maximum Gasteiger partial charge on any atom is 0.240 e. The van der Waals surface area contributed by atoms with Crippen LogP contribution < -0.4 is 5.73 Å². The minimum absolute atomic E-state index is 0. The molecule has 1 aromatic heterocycles. The van der Waals surface area contributed by atoms with E-state index in [0.717, 1.165) is 11.1 Å². The highest BCUT2D eigenvalue weighted by molar-refractivity contribution is 7.07. The molecule has 1 aromatic carbocycles. The van der Waals surface area contributed by atoms with E-state index >= 15 is 0 Å². The average molecular weight is 367 g/mol. The second kappa shape index (κ2) is 8.62. The number of benzene rings is 1. The summed E-state index contributed by atoms with van der Waals surface area (Å²) in [5.41, 5.74) is 8.38. The van der Waals surface area contributed by atoms with E-state index in [1.807, 2.05) is 47.5 Å². The molecule has 6 heteroatoms. The SMILES string of the molecule is CC1CN(C(=O)C(N)Cc2ccccc2)CC(c2ccsc2)O1.Cl. The summed E-state index contributed by atoms with van der Waals surface area (Å²) in [6.07, 6.45) is 0.522. The van der Waals surface area contributed by atoms with Crippen LogP contribution in [0.25, 0.3) is 0 Å². The lowest BCUT2D eigenvalue weighted by atomic mass is 10.0. The normalized spacial score (nSPS) is 21.8. The molecule has 3 rings (SSSR count). The molecule has 0 aliphatic carbocycles. The van der Waals surface area contributed by atoms with Crippen molar-refractivity contribution >= 4 is 29.7 Å². The molecule has 130 valence electrons. The van der Waals surface area contributed by atoms with E-state index < -0.39 is 6.04 Å². The Balaban J connectivity index is 0.00000208. The number of hydrogen-bond donors (Lipinski definition) is 1. The predicted molar refractivity (Wildman–Crippen MR) is 99.6 cm³/mol. The van der Waals surface area contributed by atoms with Crippen LogP contribution in [0.2, 0.25) is 0 Å². The summed E-state index contributed by atoms with van der Waals surface area (Å²) in [5, 5.41) is 4.11. The smallest absolute Gasteiger partial charge is 0.240 e. The summed E-state index contributed by atoms with van der Waals surface area (Å²) in [4.78, 5) is 14.6. The molecule has 4 nitrogen and oxygen atoms in total. The van der Waals surface area contributed by atoms with Gasteiger partial charge in [0.25, 0.3) is 0 Å². The minimum atomic E-state index is -0.508. The van der Waals surface area contributed by atoms with Crippen LogP contribution in [-0.4, -0.2) is 36.0 Å². The zero-order chi connectivity index (χ0) is 16.2. The highest BCUT2D eigenvalue weighted by Crippen LogP contribution is 2.27. The van der Waals surface area contributed by atoms with Gasteiger partial charge in [0.1, 0.15) is 6.10 Å². The van der Waals surface area contributed by atoms with Crippen LogP contribution in [0.3, 0.4) is 0 Å². The third-order valence-electron chi connectivity index (χ3n) is 4.10. The summed E-state index contributed by atoms with van der Waals surface area (Å²) in [5.74, 6) is 0.00392. The van der Waals surface area contributed by atoms with Gasteiger partial charge in [-0.2, -0.15) is 11.3 Å². The van der Waals surface area contributed by atoms with Gasteiger partial charge in [0, 0.05) is 6.54 Å². The van der Waals surface area contributed by atoms with Gasteiger partial charge < -0.3 is 15.4 Å². The molecule has 3 atom stereocenters. The molecule has 0 bridgehead atoms. The number of morpholine rings is 1. The predicted octanol–water partition coefficient (Wildman–Crippen LogP) is 3.03. The van der Waals surface area contributed by atoms with Crippen molar-refractivity contribution in [3.63, 3.8) is 0 Å². The molecule has 1 fully saturated rings. The number of amides is 1. The van der Waals surface area contributed by atoms with Crippen molar-refractivity contribution in [3.8, 4) is 0 Å². The van der Waals surface area contributed by atoms with Gasteiger partial charge in [0.2, 0.25) is 5.91 Å². The number of ether oxygens (including phenoxy) is 1. The van der Waals surface area contributed by atoms with Crippen LogP contribution in [0.5, 0.6) is 0 Å². The zero-order valence-electron chi connectivity index (χ0n) is 13.6. The number of rotatable bonds is 4. The van der Waals surface area contributed by atoms with Crippen molar-refractivity contribution in [1.29, 1.82) is 0 Å². The molecular formula is C18H23ClN2O2S. The molecule has 1 aliphatic heterocycles. The maximum atomic E-state index is 12.7. The molecule has 2 heterocycles. The standard InChI is InChI=1S/C18H22N2O2S.ClH/c1-13-10-20(11-17(22-13)15-7-8-23-12-15)18(21)16(19)9-14-5-3-2-4-6-14;/h2-8,12-13,16-17H,9-11,19H2,1H3;1H. The Morgan fingerprint density at radius 2 is 2.08 bits per heavy atom. The van der Waals surface area contributed by atoms with E-state index in [9.17, 15) is 4.79 Å². The minimum Gasteiger partial charge on any atom is -0.367 e. The highest BCUT2D eigenvalue weighted by atomic mass is 35.5. The average Bonchev–Trinajstić information content (AvgIpc) is 3.09. The first-order chi connectivity index (χ1) is 11.1. The van der Waals surface area contributed by atoms with Gasteiger partial charge in [0.05, 0.1) is 18.7 Å². The molecular weight excluding hydrogens is 344 g/mol. The van der Waals surface area contributed by atoms with Crippen molar-refractivity contribution < 1.29 is 9.53 Å². The summed E-state index contributed by atoms with van der Waals surface area (Å²) >= 11 is 1.64. The first kappa shape index (κ1) is 18.9. The Morgan fingerprint density at radius 3 is 2.75 bits per heavy atom. The number of carbonyl (C=O) groups is 1. The van der Waals surface area contributed by atoms with Crippen LogP contribution >= 0.6 is 23.7 Å². The monoisotopic (exact) mass is 366 g/mol. The number of halogens is 1. The number of thiophene rings is 1. The van der Waals surface area contributed by atoms with Gasteiger partial charge >= 0.3 is 0 Å². The topological polar surface area (TPSA) is 55.6 Å². The van der Waals surface area contributed by atoms with Crippen LogP contribution in [0.1, 0.15) is 24.2 Å². The lowest BCUT2D eigenvalue weighted by Crippen LogP contribution is -2.52. The Kier molecular flexibility index (Phi) is 6.80. The maximum absolute atomic E-state index is 12.7. The molecule has 2 N–H and O–H groups in total. The van der Waals surface area contributed by atoms with Gasteiger partial charge in [-0.05, 0) is 41.3 Å². The number of hydrogen-bond acceptors (Lipinski definition) is 4. The quantitative estimate of drug-likeness (QED) is 0.904. The lowest BCUT2D eigenvalue weighted by molar-refractivity contribution is -0.146. The molecule has 24 heavy (non-hydrogen) atoms. The second-order valence-electron chi connectivity index (χ2n) is 6.03. The van der Waals surface area contributed by atoms with E-state index in [1.54, 1.807) is 11.3 Å². The highest BCUT2D eigenvalue weighted by Gasteiger charge is 2.31. The first-order valence-electron chi connectivity index (χ1n) is 7.89. The van der Waals surface area contributed by atoms with Crippen molar-refractivity contribution in [2.45, 2.75) is 31.6 Å². The molecule has 0 radical (unpaired) electrons. The molecule has 1 aliphatic rings. The van der Waals surface area contributed by atoms with Crippen LogP contribution in [0.15, 0.2) is 47.2 Å². The number of nitrogens with two attached hydrogens (primary N) is 1. The molecule has 2 aromatic rings. The van der Waals surface area contributed by atoms with E-state index in [1.165, 1.54) is 0 Å². The van der Waals surface area contributed by atoms with Gasteiger partial charge in [-0.15, -0.1) is 12.4 Å². The second-order valence-corrected chi connectivity index (χ2v) is 6.81. The summed E-state index contributed by atoms with van der Waals surface area (Å²) < 4.78 is 5.98. The largest absolute Gasteiger partial charge is 0.367 e. The van der Waals surface area contributed by atoms with Crippen LogP contribution in [-0.2, 0) is 16.0 Å². The molecule has 3 unspecified atom stereocenters. The van der Waals surface area contributed by atoms with Crippen molar-refractivity contribution in [2.24, 2.45) is 5.73 Å². The Labute approximate surface area is 153 Å². The summed E-state index contributed by atoms with van der Waals surface area (Å²) in [7, 11) is 0. The number of nitrogens with zero attached hydrogens (tertiary/aromatic N) is 1. The Morgan fingerprint density at radius 1 is 1.33 bits per heavy atom. The molecule has 0 spiro atoms. The molecule has 1 saturated heterocycles. The lowest BCUT2D eigenvalue weighted by Gasteiger charge is -2.37. The first-order valence-corrected chi connectivity index (χ1v) is 8.83. The van der Waals surface area contributed by atoms with Gasteiger partial charge in [-0.3, -0.25) is 4.79 Å². The van der Waals surface area contributed by atoms with Gasteiger partial charge in [-0.1, -0.05) is 30.3 Å². The van der Waals surface area contributed by atoms with Crippen LogP contribution in [0, 0.1) is 0 Å². The number of carbonyl (C=O) groups excluding carboxylic acids is 1. The molecule has 1 amide bonds. The van der Waals surface area contributed by atoms with E-state index in [-0.39, 0.29) is 30.5 Å². The summed E-state index contributed by atoms with van der Waals surface area (Å²) in [6.45, 7) is 3.17. The van der Waals surface area contributed by atoms with Crippen molar-refractivity contribution in [1.82, 2.24) is 4.90 Å². The van der Waals surface area contributed by atoms with E-state index in [2.05, 4.69) is 11.4 Å². The third kappa shape index (κ3) is 4.57. The van der Waals surface area contributed by atoms with E-state index in [4.69, 9.17) is 10.5 Å². The summed E-state index contributed by atoms with van der Waals surface area (Å²) in [6, 6.07) is 11.5. The van der Waals surface area contributed by atoms with Gasteiger partial charge in [-0.25, -0.2) is 0 Å². The fourth-order valence-corrected chi connectivity index (χ4v) is 3.67. The van der Waals surface area contributed by atoms with Crippen molar-refractivity contribution in [2.75, 3.05) is 13.1 Å². The molecule has 0 saturated carbocycles. The third-order valence-corrected chi connectivity index (χ3v) is 4.80. The van der Waals surface area contributed by atoms with Crippen LogP contribution in [0.4, 0.5) is 0 Å². The van der Waals surface area contributed by atoms with E-state index in [0.29, 0.717) is 19.5 Å². The Bertz CT molecular complexity index is 636. The van der Waals surface area contributed by atoms with Gasteiger partial charge in [0.15, 0.2) is 0 Å². The fourth-order valence-electron chi connectivity index (χ4n) is 2.96. The zero-order valence-corrected chi connectivity index (χ0v) is 15.3. The van der Waals surface area contributed by atoms with Crippen molar-refractivity contribution in [3.05, 3.63) is 58.3 Å². The Hall–Kier alpha value is -1.40.